The van der Waals surface area contributed by atoms with Gasteiger partial charge < -0.3 is 25.4 Å². The second-order valence-electron chi connectivity index (χ2n) is 5.49. The lowest BCUT2D eigenvalue weighted by atomic mass is 10.1. The van der Waals surface area contributed by atoms with Crippen LogP contribution in [-0.2, 0) is 14.3 Å². The van der Waals surface area contributed by atoms with Gasteiger partial charge in [0.1, 0.15) is 12.2 Å². The monoisotopic (exact) mass is 323 g/mol. The van der Waals surface area contributed by atoms with Gasteiger partial charge in [-0.25, -0.2) is 9.78 Å². The molecule has 2 saturated heterocycles. The fourth-order valence-electron chi connectivity index (χ4n) is 3.05. The van der Waals surface area contributed by atoms with Crippen molar-refractivity contribution in [3.63, 3.8) is 0 Å². The summed E-state index contributed by atoms with van der Waals surface area (Å²) in [6.07, 6.45) is -2.89. The Bertz CT molecular complexity index is 846. The van der Waals surface area contributed by atoms with Crippen LogP contribution < -0.4 is 11.3 Å². The highest BCUT2D eigenvalue weighted by Gasteiger charge is 2.53. The molecule has 0 aromatic carbocycles. The lowest BCUT2D eigenvalue weighted by molar-refractivity contribution is -0.152. The van der Waals surface area contributed by atoms with E-state index in [1.165, 1.54) is 10.9 Å². The minimum atomic E-state index is -1.12. The molecule has 0 aliphatic carbocycles. The van der Waals surface area contributed by atoms with Gasteiger partial charge in [-0.1, -0.05) is 0 Å². The van der Waals surface area contributed by atoms with Gasteiger partial charge in [-0.05, 0) is 0 Å². The number of nitrogen functional groups attached to an aromatic ring is 1. The highest BCUT2D eigenvalue weighted by molar-refractivity contribution is 5.73. The van der Waals surface area contributed by atoms with E-state index in [0.29, 0.717) is 0 Å². The van der Waals surface area contributed by atoms with E-state index in [4.69, 9.17) is 20.3 Å². The summed E-state index contributed by atoms with van der Waals surface area (Å²) in [6, 6.07) is 0. The zero-order chi connectivity index (χ0) is 16.3. The molecule has 122 valence electrons. The molecule has 4 rings (SSSR count). The van der Waals surface area contributed by atoms with Gasteiger partial charge in [-0.3, -0.25) is 14.3 Å². The molecular weight excluding hydrogens is 310 g/mol. The van der Waals surface area contributed by atoms with Gasteiger partial charge >= 0.3 is 5.97 Å². The molecule has 5 N–H and O–H groups in total. The largest absolute Gasteiger partial charge is 0.479 e. The van der Waals surface area contributed by atoms with Crippen LogP contribution in [0.3, 0.4) is 0 Å². The van der Waals surface area contributed by atoms with E-state index < -0.39 is 42.2 Å². The third kappa shape index (κ3) is 2.01. The molecule has 0 saturated carbocycles. The summed E-state index contributed by atoms with van der Waals surface area (Å²) < 4.78 is 12.4. The molecule has 11 heteroatoms. The third-order valence-electron chi connectivity index (χ3n) is 4.08. The summed E-state index contributed by atoms with van der Waals surface area (Å²) in [7, 11) is 0. The van der Waals surface area contributed by atoms with Crippen LogP contribution in [0.1, 0.15) is 12.6 Å². The van der Waals surface area contributed by atoms with Gasteiger partial charge in [0.25, 0.3) is 5.56 Å². The summed E-state index contributed by atoms with van der Waals surface area (Å²) in [6.45, 7) is 0. The van der Waals surface area contributed by atoms with E-state index in [-0.39, 0.29) is 23.5 Å². The van der Waals surface area contributed by atoms with E-state index >= 15 is 0 Å². The van der Waals surface area contributed by atoms with Gasteiger partial charge in [0, 0.05) is 6.42 Å². The summed E-state index contributed by atoms with van der Waals surface area (Å²) in [5.41, 5.74) is 5.27. The van der Waals surface area contributed by atoms with Crippen molar-refractivity contribution in [2.75, 3.05) is 5.73 Å². The smallest absolute Gasteiger partial charge is 0.332 e. The van der Waals surface area contributed by atoms with Crippen molar-refractivity contribution in [1.82, 2.24) is 19.5 Å². The fourth-order valence-corrected chi connectivity index (χ4v) is 3.05. The van der Waals surface area contributed by atoms with E-state index in [1.54, 1.807) is 0 Å². The minimum Gasteiger partial charge on any atom is -0.479 e. The molecule has 2 fully saturated rings. The molecule has 2 aromatic heterocycles. The molecule has 5 atom stereocenters. The van der Waals surface area contributed by atoms with Crippen molar-refractivity contribution in [2.24, 2.45) is 0 Å². The maximum absolute atomic E-state index is 11.8. The van der Waals surface area contributed by atoms with E-state index in [0.717, 1.165) is 0 Å². The molecule has 0 spiro atoms. The highest BCUT2D eigenvalue weighted by Crippen LogP contribution is 2.39. The first kappa shape index (κ1) is 14.1. The number of nitrogens with two attached hydrogens (primary N) is 1. The Labute approximate surface area is 127 Å². The number of aromatic amines is 1. The third-order valence-corrected chi connectivity index (χ3v) is 4.08. The van der Waals surface area contributed by atoms with Crippen LogP contribution in [0.4, 0.5) is 5.95 Å². The molecule has 11 nitrogen and oxygen atoms in total. The predicted octanol–water partition coefficient (Wildman–Crippen LogP) is -1.80. The first-order valence-electron chi connectivity index (χ1n) is 6.90. The average Bonchev–Trinajstić information content (AvgIpc) is 3.13. The molecule has 2 aliphatic heterocycles. The first-order chi connectivity index (χ1) is 11.0. The number of imidazole rings is 1. The first-order valence-corrected chi connectivity index (χ1v) is 6.90. The second kappa shape index (κ2) is 4.75. The number of aliphatic hydroxyl groups excluding tert-OH is 1. The summed E-state index contributed by atoms with van der Waals surface area (Å²) >= 11 is 0. The zero-order valence-corrected chi connectivity index (χ0v) is 11.6. The standard InChI is InChI=1S/C12H13N5O6/c13-12-15-8-5(9(19)16-12)14-2-17(8)10-6(18)7-3(23-10)1-4(22-7)11(20)21/h2-4,6-7,10,18H,1H2,(H,20,21)(H3,13,15,16,19)/t3-,4-,6-,7+,10-/m1/s1. The van der Waals surface area contributed by atoms with Gasteiger partial charge in [0.2, 0.25) is 5.95 Å². The summed E-state index contributed by atoms with van der Waals surface area (Å²) in [5.74, 6) is -1.18. The Morgan fingerprint density at radius 1 is 1.48 bits per heavy atom. The lowest BCUT2D eigenvalue weighted by Gasteiger charge is -2.19. The molecular formula is C12H13N5O6. The number of rotatable bonds is 2. The van der Waals surface area contributed by atoms with Crippen molar-refractivity contribution in [3.05, 3.63) is 16.7 Å². The van der Waals surface area contributed by atoms with Gasteiger partial charge in [-0.15, -0.1) is 0 Å². The van der Waals surface area contributed by atoms with Crippen molar-refractivity contribution in [3.8, 4) is 0 Å². The van der Waals surface area contributed by atoms with Crippen LogP contribution >= 0.6 is 0 Å². The number of aliphatic carboxylic acids is 1. The minimum absolute atomic E-state index is 0.0661. The topological polar surface area (TPSA) is 166 Å². The van der Waals surface area contributed by atoms with Gasteiger partial charge in [-0.2, -0.15) is 4.98 Å². The normalized spacial score (nSPS) is 33.2. The highest BCUT2D eigenvalue weighted by atomic mass is 16.6. The molecule has 0 amide bonds. The number of carboxylic acids is 1. The van der Waals surface area contributed by atoms with Crippen LogP contribution in [0.15, 0.2) is 11.1 Å². The van der Waals surface area contributed by atoms with Gasteiger partial charge in [0.05, 0.1) is 12.4 Å². The predicted molar refractivity (Wildman–Crippen MR) is 73.4 cm³/mol. The molecule has 23 heavy (non-hydrogen) atoms. The second-order valence-corrected chi connectivity index (χ2v) is 5.49. The Hall–Kier alpha value is -2.50. The Morgan fingerprint density at radius 3 is 2.96 bits per heavy atom. The number of ether oxygens (including phenoxy) is 2. The van der Waals surface area contributed by atoms with Crippen molar-refractivity contribution in [1.29, 1.82) is 0 Å². The van der Waals surface area contributed by atoms with E-state index in [1.807, 2.05) is 0 Å². The number of anilines is 1. The van der Waals surface area contributed by atoms with E-state index in [2.05, 4.69) is 15.0 Å². The molecule has 0 unspecified atom stereocenters. The van der Waals surface area contributed by atoms with Crippen molar-refractivity contribution in [2.45, 2.75) is 37.1 Å². The number of aliphatic hydroxyl groups is 1. The Kier molecular flexibility index (Phi) is 2.91. The van der Waals surface area contributed by atoms with Crippen LogP contribution in [0.25, 0.3) is 11.2 Å². The quantitative estimate of drug-likeness (QED) is 0.498. The van der Waals surface area contributed by atoms with Crippen molar-refractivity contribution >= 4 is 23.1 Å². The molecule has 2 aliphatic rings. The maximum atomic E-state index is 11.8. The molecule has 4 heterocycles. The Balaban J connectivity index is 1.69. The number of hydrogen-bond donors (Lipinski definition) is 4. The van der Waals surface area contributed by atoms with E-state index in [9.17, 15) is 14.7 Å². The molecule has 2 aromatic rings. The van der Waals surface area contributed by atoms with Crippen LogP contribution in [0, 0.1) is 0 Å². The number of aromatic nitrogens is 4. The average molecular weight is 323 g/mol. The van der Waals surface area contributed by atoms with Gasteiger partial charge in [0.15, 0.2) is 23.5 Å². The summed E-state index contributed by atoms with van der Waals surface area (Å²) in [5, 5.41) is 19.4. The number of carboxylic acid groups (broad SMARTS) is 1. The number of carbonyl (C=O) groups is 1. The SMILES string of the molecule is Nc1nc2c(ncn2[C@@H]2O[C@@H]3C[C@H](C(=O)O)O[C@@H]3[C@H]2O)c(=O)[nH]1. The molecule has 0 bridgehead atoms. The fraction of sp³-hybridized carbons (Fsp3) is 0.500. The maximum Gasteiger partial charge on any atom is 0.332 e. The number of hydrogen-bond acceptors (Lipinski definition) is 8. The zero-order valence-electron chi connectivity index (χ0n) is 11.6. The number of nitrogens with one attached hydrogen (secondary N) is 1. The number of fused-ring (bicyclic) bond motifs is 2. The van der Waals surface area contributed by atoms with Crippen LogP contribution in [0.5, 0.6) is 0 Å². The lowest BCUT2D eigenvalue weighted by Crippen LogP contribution is -2.32. The number of nitrogens with zero attached hydrogens (tertiary/aromatic N) is 3. The van der Waals surface area contributed by atoms with Crippen molar-refractivity contribution < 1.29 is 24.5 Å². The summed E-state index contributed by atoms with van der Waals surface area (Å²) in [4.78, 5) is 33.0. The Morgan fingerprint density at radius 2 is 2.26 bits per heavy atom. The van der Waals surface area contributed by atoms with Crippen LogP contribution in [-0.4, -0.2) is 60.1 Å². The van der Waals surface area contributed by atoms with Crippen LogP contribution in [0.2, 0.25) is 0 Å². The number of H-pyrrole nitrogens is 1. The molecule has 0 radical (unpaired) electrons.